The maximum absolute atomic E-state index is 12.9. The third kappa shape index (κ3) is 3.58. The van der Waals surface area contributed by atoms with Gasteiger partial charge in [-0.25, -0.2) is 4.79 Å². The summed E-state index contributed by atoms with van der Waals surface area (Å²) in [5, 5.41) is 2.78. The average molecular weight is 359 g/mol. The highest BCUT2D eigenvalue weighted by Crippen LogP contribution is 2.48. The fourth-order valence-electron chi connectivity index (χ4n) is 3.20. The largest absolute Gasteiger partial charge is 0.462 e. The Hall–Kier alpha value is -2.41. The molecule has 0 unspecified atom stereocenters. The molecule has 1 aromatic carbocycles. The van der Waals surface area contributed by atoms with E-state index < -0.39 is 11.4 Å². The number of rotatable bonds is 5. The number of hydrogen-bond donors (Lipinski definition) is 1. The van der Waals surface area contributed by atoms with Crippen molar-refractivity contribution in [2.75, 3.05) is 45.2 Å². The van der Waals surface area contributed by atoms with E-state index in [1.807, 2.05) is 7.05 Å². The van der Waals surface area contributed by atoms with E-state index in [1.54, 1.807) is 36.1 Å². The molecule has 1 saturated heterocycles. The van der Waals surface area contributed by atoms with Gasteiger partial charge in [0.1, 0.15) is 5.41 Å². The van der Waals surface area contributed by atoms with Gasteiger partial charge in [-0.3, -0.25) is 9.59 Å². The van der Waals surface area contributed by atoms with Gasteiger partial charge < -0.3 is 19.9 Å². The summed E-state index contributed by atoms with van der Waals surface area (Å²) in [6, 6.07) is 6.71. The van der Waals surface area contributed by atoms with Crippen molar-refractivity contribution in [2.24, 2.45) is 5.41 Å². The second kappa shape index (κ2) is 7.45. The van der Waals surface area contributed by atoms with Crippen LogP contribution in [0.5, 0.6) is 0 Å². The van der Waals surface area contributed by atoms with Gasteiger partial charge in [0.2, 0.25) is 11.8 Å². The molecule has 1 aliphatic carbocycles. The average Bonchev–Trinajstić information content (AvgIpc) is 3.44. The van der Waals surface area contributed by atoms with E-state index in [0.717, 1.165) is 13.1 Å². The molecule has 0 radical (unpaired) electrons. The minimum absolute atomic E-state index is 0.100. The molecule has 2 amide bonds. The Balaban J connectivity index is 1.72. The Morgan fingerprint density at radius 1 is 1.12 bits per heavy atom. The molecule has 2 fully saturated rings. The number of piperazine rings is 1. The normalized spacial score (nSPS) is 18.9. The van der Waals surface area contributed by atoms with Crippen LogP contribution < -0.4 is 5.32 Å². The van der Waals surface area contributed by atoms with Crippen molar-refractivity contribution in [3.63, 3.8) is 0 Å². The highest BCUT2D eigenvalue weighted by Gasteiger charge is 2.58. The van der Waals surface area contributed by atoms with Crippen molar-refractivity contribution in [1.29, 1.82) is 0 Å². The van der Waals surface area contributed by atoms with E-state index in [2.05, 4.69) is 10.2 Å². The highest BCUT2D eigenvalue weighted by molar-refractivity contribution is 6.14. The van der Waals surface area contributed by atoms with Crippen LogP contribution in [0.3, 0.4) is 0 Å². The fourth-order valence-corrected chi connectivity index (χ4v) is 3.20. The van der Waals surface area contributed by atoms with Crippen LogP contribution in [-0.2, 0) is 14.3 Å². The van der Waals surface area contributed by atoms with Crippen LogP contribution in [0.25, 0.3) is 0 Å². The number of hydrogen-bond acceptors (Lipinski definition) is 5. The standard InChI is InChI=1S/C19H25N3O4/c1-3-26-16(23)14-6-4-5-7-15(14)20-17(24)19(8-9-19)18(25)22-12-10-21(2)11-13-22/h4-7H,3,8-13H2,1-2H3,(H,20,24). The zero-order valence-electron chi connectivity index (χ0n) is 15.3. The number of nitrogens with one attached hydrogen (secondary N) is 1. The first-order valence-corrected chi connectivity index (χ1v) is 9.03. The molecule has 2 aliphatic rings. The number of carbonyl (C=O) groups is 3. The molecule has 1 saturated carbocycles. The molecule has 26 heavy (non-hydrogen) atoms. The van der Waals surface area contributed by atoms with Crippen molar-refractivity contribution in [3.05, 3.63) is 29.8 Å². The maximum Gasteiger partial charge on any atom is 0.340 e. The molecule has 3 rings (SSSR count). The summed E-state index contributed by atoms with van der Waals surface area (Å²) in [7, 11) is 2.02. The van der Waals surface area contributed by atoms with Crippen molar-refractivity contribution < 1.29 is 19.1 Å². The van der Waals surface area contributed by atoms with Crippen LogP contribution in [0.2, 0.25) is 0 Å². The van der Waals surface area contributed by atoms with Gasteiger partial charge in [-0.1, -0.05) is 12.1 Å². The first kappa shape index (κ1) is 18.4. The highest BCUT2D eigenvalue weighted by atomic mass is 16.5. The Morgan fingerprint density at radius 3 is 2.38 bits per heavy atom. The van der Waals surface area contributed by atoms with Gasteiger partial charge in [0, 0.05) is 26.2 Å². The van der Waals surface area contributed by atoms with Crippen molar-refractivity contribution in [3.8, 4) is 0 Å². The van der Waals surface area contributed by atoms with Gasteiger partial charge in [0.25, 0.3) is 0 Å². The molecule has 0 spiro atoms. The monoisotopic (exact) mass is 359 g/mol. The molecule has 7 nitrogen and oxygen atoms in total. The lowest BCUT2D eigenvalue weighted by Gasteiger charge is -2.34. The summed E-state index contributed by atoms with van der Waals surface area (Å²) in [6.07, 6.45) is 1.09. The lowest BCUT2D eigenvalue weighted by atomic mass is 10.0. The third-order valence-electron chi connectivity index (χ3n) is 5.06. The van der Waals surface area contributed by atoms with Crippen LogP contribution in [0.15, 0.2) is 24.3 Å². The van der Waals surface area contributed by atoms with Gasteiger partial charge in [0.15, 0.2) is 0 Å². The second-order valence-corrected chi connectivity index (χ2v) is 6.90. The Morgan fingerprint density at radius 2 is 1.77 bits per heavy atom. The molecule has 7 heteroatoms. The van der Waals surface area contributed by atoms with Crippen molar-refractivity contribution in [2.45, 2.75) is 19.8 Å². The summed E-state index contributed by atoms with van der Waals surface area (Å²) in [5.74, 6) is -0.923. The topological polar surface area (TPSA) is 78.9 Å². The molecule has 1 N–H and O–H groups in total. The molecule has 140 valence electrons. The zero-order valence-corrected chi connectivity index (χ0v) is 15.3. The number of anilines is 1. The number of ether oxygens (including phenoxy) is 1. The molecule has 0 atom stereocenters. The SMILES string of the molecule is CCOC(=O)c1ccccc1NC(=O)C1(C(=O)N2CCN(C)CC2)CC1. The Bertz CT molecular complexity index is 706. The number of esters is 1. The van der Waals surface area contributed by atoms with Crippen molar-refractivity contribution >= 4 is 23.5 Å². The quantitative estimate of drug-likeness (QED) is 0.634. The van der Waals surface area contributed by atoms with Crippen LogP contribution in [-0.4, -0.2) is 67.4 Å². The predicted octanol–water partition coefficient (Wildman–Crippen LogP) is 1.36. The molecule has 1 aliphatic heterocycles. The minimum Gasteiger partial charge on any atom is -0.462 e. The molecular weight excluding hydrogens is 334 g/mol. The first-order chi connectivity index (χ1) is 12.5. The van der Waals surface area contributed by atoms with Crippen LogP contribution in [0.1, 0.15) is 30.1 Å². The van der Waals surface area contributed by atoms with Crippen LogP contribution in [0, 0.1) is 5.41 Å². The number of amides is 2. The van der Waals surface area contributed by atoms with Gasteiger partial charge in [-0.15, -0.1) is 0 Å². The van der Waals surface area contributed by atoms with E-state index >= 15 is 0 Å². The number of nitrogens with zero attached hydrogens (tertiary/aromatic N) is 2. The number of carbonyl (C=O) groups excluding carboxylic acids is 3. The summed E-state index contributed by atoms with van der Waals surface area (Å²) < 4.78 is 5.03. The summed E-state index contributed by atoms with van der Waals surface area (Å²) in [6.45, 7) is 4.90. The minimum atomic E-state index is -0.988. The zero-order chi connectivity index (χ0) is 18.7. The van der Waals surface area contributed by atoms with E-state index in [-0.39, 0.29) is 18.4 Å². The molecule has 1 aromatic rings. The summed E-state index contributed by atoms with van der Waals surface area (Å²) >= 11 is 0. The lowest BCUT2D eigenvalue weighted by molar-refractivity contribution is -0.143. The molecule has 1 heterocycles. The van der Waals surface area contributed by atoms with E-state index in [9.17, 15) is 14.4 Å². The van der Waals surface area contributed by atoms with Crippen LogP contribution >= 0.6 is 0 Å². The first-order valence-electron chi connectivity index (χ1n) is 9.03. The van der Waals surface area contributed by atoms with Gasteiger partial charge >= 0.3 is 5.97 Å². The summed E-state index contributed by atoms with van der Waals surface area (Å²) in [5.41, 5.74) is -0.309. The smallest absolute Gasteiger partial charge is 0.340 e. The predicted molar refractivity (Wildman–Crippen MR) is 96.8 cm³/mol. The number of benzene rings is 1. The molecule has 0 aromatic heterocycles. The lowest BCUT2D eigenvalue weighted by Crippen LogP contribution is -2.51. The third-order valence-corrected chi connectivity index (χ3v) is 5.06. The second-order valence-electron chi connectivity index (χ2n) is 6.90. The summed E-state index contributed by atoms with van der Waals surface area (Å²) in [4.78, 5) is 41.8. The number of para-hydroxylation sites is 1. The van der Waals surface area contributed by atoms with E-state index in [4.69, 9.17) is 4.74 Å². The van der Waals surface area contributed by atoms with Crippen molar-refractivity contribution in [1.82, 2.24) is 9.80 Å². The molecular formula is C19H25N3O4. The van der Waals surface area contributed by atoms with E-state index in [0.29, 0.717) is 37.2 Å². The van der Waals surface area contributed by atoms with E-state index in [1.165, 1.54) is 0 Å². The van der Waals surface area contributed by atoms with Gasteiger partial charge in [0.05, 0.1) is 17.9 Å². The van der Waals surface area contributed by atoms with Gasteiger partial charge in [-0.2, -0.15) is 0 Å². The number of likely N-dealkylation sites (N-methyl/N-ethyl adjacent to an activating group) is 1. The van der Waals surface area contributed by atoms with Crippen LogP contribution in [0.4, 0.5) is 5.69 Å². The fraction of sp³-hybridized carbons (Fsp3) is 0.526. The Labute approximate surface area is 153 Å². The Kier molecular flexibility index (Phi) is 5.27. The molecule has 0 bridgehead atoms. The van der Waals surface area contributed by atoms with Gasteiger partial charge in [-0.05, 0) is 38.9 Å². The maximum atomic E-state index is 12.9.